The van der Waals surface area contributed by atoms with Gasteiger partial charge in [-0.15, -0.1) is 11.8 Å². The Balaban J connectivity index is 1.45. The molecule has 132 valence electrons. The monoisotopic (exact) mass is 358 g/mol. The third kappa shape index (κ3) is 4.04. The number of pyridine rings is 1. The molecule has 2 aromatic heterocycles. The SMILES string of the molecule is CCC/C=C1/NC(=O)N(CCCCSc2cccc3nccn23)C1=O. The van der Waals surface area contributed by atoms with Gasteiger partial charge in [-0.05, 0) is 37.1 Å². The van der Waals surface area contributed by atoms with E-state index in [1.807, 2.05) is 31.3 Å². The van der Waals surface area contributed by atoms with Crippen LogP contribution in [0.2, 0.25) is 0 Å². The molecule has 0 spiro atoms. The summed E-state index contributed by atoms with van der Waals surface area (Å²) in [5.41, 5.74) is 1.36. The van der Waals surface area contributed by atoms with Crippen molar-refractivity contribution < 1.29 is 9.59 Å². The maximum Gasteiger partial charge on any atom is 0.328 e. The van der Waals surface area contributed by atoms with Gasteiger partial charge in [-0.2, -0.15) is 0 Å². The lowest BCUT2D eigenvalue weighted by atomic mass is 10.2. The van der Waals surface area contributed by atoms with E-state index >= 15 is 0 Å². The number of aromatic nitrogens is 2. The zero-order valence-corrected chi connectivity index (χ0v) is 15.1. The standard InChI is InChI=1S/C18H22N4O2S/c1-2-3-7-14-17(23)22(18(24)20-14)11-4-5-13-25-16-9-6-8-15-19-10-12-21(15)16/h6-10,12H,2-5,11,13H2,1H3,(H,20,24)/b14-7+. The molecule has 0 radical (unpaired) electrons. The number of thioether (sulfide) groups is 1. The molecular weight excluding hydrogens is 336 g/mol. The third-order valence-electron chi connectivity index (χ3n) is 4.02. The highest BCUT2D eigenvalue weighted by atomic mass is 32.2. The smallest absolute Gasteiger partial charge is 0.303 e. The summed E-state index contributed by atoms with van der Waals surface area (Å²) < 4.78 is 2.06. The van der Waals surface area contributed by atoms with Crippen molar-refractivity contribution in [2.24, 2.45) is 0 Å². The lowest BCUT2D eigenvalue weighted by Gasteiger charge is -2.11. The normalized spacial score (nSPS) is 16.2. The molecule has 1 aliphatic rings. The van der Waals surface area contributed by atoms with E-state index in [9.17, 15) is 9.59 Å². The molecule has 3 amide bonds. The largest absolute Gasteiger partial charge is 0.328 e. The van der Waals surface area contributed by atoms with Crippen LogP contribution >= 0.6 is 11.8 Å². The minimum absolute atomic E-state index is 0.200. The highest BCUT2D eigenvalue weighted by molar-refractivity contribution is 7.99. The zero-order valence-electron chi connectivity index (χ0n) is 14.3. The Labute approximate surface area is 151 Å². The Morgan fingerprint density at radius 2 is 2.16 bits per heavy atom. The molecule has 0 aromatic carbocycles. The summed E-state index contributed by atoms with van der Waals surface area (Å²) in [6.45, 7) is 2.50. The van der Waals surface area contributed by atoms with Crippen LogP contribution in [0.4, 0.5) is 4.79 Å². The zero-order chi connectivity index (χ0) is 17.6. The first-order valence-electron chi connectivity index (χ1n) is 8.58. The summed E-state index contributed by atoms with van der Waals surface area (Å²) in [7, 11) is 0. The van der Waals surface area contributed by atoms with Crippen LogP contribution in [-0.2, 0) is 4.79 Å². The molecule has 2 aromatic rings. The van der Waals surface area contributed by atoms with Gasteiger partial charge in [0.05, 0.1) is 5.03 Å². The van der Waals surface area contributed by atoms with Gasteiger partial charge in [0, 0.05) is 18.9 Å². The van der Waals surface area contributed by atoms with E-state index in [-0.39, 0.29) is 11.9 Å². The Morgan fingerprint density at radius 1 is 1.28 bits per heavy atom. The van der Waals surface area contributed by atoms with Gasteiger partial charge in [0.25, 0.3) is 5.91 Å². The Bertz CT molecular complexity index is 799. The molecule has 0 aliphatic carbocycles. The van der Waals surface area contributed by atoms with Crippen LogP contribution in [0.15, 0.2) is 47.4 Å². The summed E-state index contributed by atoms with van der Waals surface area (Å²) in [5.74, 6) is 0.730. The number of hydrogen-bond donors (Lipinski definition) is 1. The fourth-order valence-electron chi connectivity index (χ4n) is 2.69. The first-order chi connectivity index (χ1) is 12.2. The number of urea groups is 1. The van der Waals surface area contributed by atoms with Crippen molar-refractivity contribution in [2.45, 2.75) is 37.6 Å². The third-order valence-corrected chi connectivity index (χ3v) is 5.14. The molecule has 0 atom stereocenters. The molecule has 3 rings (SSSR count). The summed E-state index contributed by atoms with van der Waals surface area (Å²) in [6.07, 6.45) is 9.03. The van der Waals surface area contributed by atoms with Gasteiger partial charge >= 0.3 is 6.03 Å². The van der Waals surface area contributed by atoms with Crippen LogP contribution in [0.5, 0.6) is 0 Å². The number of carbonyl (C=O) groups excluding carboxylic acids is 2. The molecule has 0 unspecified atom stereocenters. The lowest BCUT2D eigenvalue weighted by molar-refractivity contribution is -0.123. The highest BCUT2D eigenvalue weighted by Gasteiger charge is 2.32. The van der Waals surface area contributed by atoms with Crippen molar-refractivity contribution >= 4 is 29.3 Å². The second-order valence-electron chi connectivity index (χ2n) is 5.87. The molecule has 1 N–H and O–H groups in total. The van der Waals surface area contributed by atoms with Crippen LogP contribution in [0, 0.1) is 0 Å². The topological polar surface area (TPSA) is 66.7 Å². The molecule has 0 saturated carbocycles. The fraction of sp³-hybridized carbons (Fsp3) is 0.389. The van der Waals surface area contributed by atoms with E-state index < -0.39 is 0 Å². The Morgan fingerprint density at radius 3 is 3.00 bits per heavy atom. The van der Waals surface area contributed by atoms with Gasteiger partial charge in [0.15, 0.2) is 0 Å². The van der Waals surface area contributed by atoms with Crippen molar-refractivity contribution in [2.75, 3.05) is 12.3 Å². The average Bonchev–Trinajstić information content (AvgIpc) is 3.19. The minimum Gasteiger partial charge on any atom is -0.303 e. The number of hydrogen-bond acceptors (Lipinski definition) is 4. The molecule has 0 bridgehead atoms. The number of nitrogens with zero attached hydrogens (tertiary/aromatic N) is 3. The number of amides is 3. The van der Waals surface area contributed by atoms with E-state index in [4.69, 9.17) is 0 Å². The maximum absolute atomic E-state index is 12.2. The first kappa shape index (κ1) is 17.5. The number of nitrogens with one attached hydrogen (secondary N) is 1. The predicted octanol–water partition coefficient (Wildman–Crippen LogP) is 3.44. The van der Waals surface area contributed by atoms with Crippen LogP contribution < -0.4 is 5.32 Å². The Hall–Kier alpha value is -2.28. The highest BCUT2D eigenvalue weighted by Crippen LogP contribution is 2.21. The van der Waals surface area contributed by atoms with Crippen molar-refractivity contribution in [1.82, 2.24) is 19.6 Å². The van der Waals surface area contributed by atoms with E-state index in [2.05, 4.69) is 20.8 Å². The van der Waals surface area contributed by atoms with Gasteiger partial charge in [0.1, 0.15) is 11.3 Å². The predicted molar refractivity (Wildman–Crippen MR) is 98.4 cm³/mol. The number of fused-ring (bicyclic) bond motifs is 1. The van der Waals surface area contributed by atoms with Crippen LogP contribution in [0.3, 0.4) is 0 Å². The Kier molecular flexibility index (Phi) is 5.75. The first-order valence-corrected chi connectivity index (χ1v) is 9.57. The molecule has 25 heavy (non-hydrogen) atoms. The average molecular weight is 358 g/mol. The summed E-state index contributed by atoms with van der Waals surface area (Å²) in [4.78, 5) is 29.7. The van der Waals surface area contributed by atoms with E-state index in [0.717, 1.165) is 42.1 Å². The number of allylic oxidation sites excluding steroid dienone is 1. The van der Waals surface area contributed by atoms with Gasteiger partial charge < -0.3 is 5.32 Å². The summed E-state index contributed by atoms with van der Waals surface area (Å²) >= 11 is 1.76. The van der Waals surface area contributed by atoms with Gasteiger partial charge in [-0.1, -0.05) is 25.5 Å². The molecular formula is C18H22N4O2S. The molecule has 7 heteroatoms. The van der Waals surface area contributed by atoms with E-state index in [1.54, 1.807) is 18.0 Å². The van der Waals surface area contributed by atoms with Gasteiger partial charge in [0.2, 0.25) is 0 Å². The molecule has 1 fully saturated rings. The minimum atomic E-state index is -0.303. The fourth-order valence-corrected chi connectivity index (χ4v) is 3.72. The molecule has 1 aliphatic heterocycles. The maximum atomic E-state index is 12.2. The number of rotatable bonds is 8. The molecule has 6 nitrogen and oxygen atoms in total. The van der Waals surface area contributed by atoms with Crippen molar-refractivity contribution in [1.29, 1.82) is 0 Å². The number of unbranched alkanes of at least 4 members (excludes halogenated alkanes) is 2. The molecule has 1 saturated heterocycles. The second kappa shape index (κ2) is 8.20. The van der Waals surface area contributed by atoms with Crippen molar-refractivity contribution in [3.05, 3.63) is 42.4 Å². The lowest BCUT2D eigenvalue weighted by Crippen LogP contribution is -2.31. The van der Waals surface area contributed by atoms with Crippen LogP contribution in [0.1, 0.15) is 32.6 Å². The number of imidazole rings is 1. The van der Waals surface area contributed by atoms with Gasteiger partial charge in [-0.25, -0.2) is 9.78 Å². The van der Waals surface area contributed by atoms with Gasteiger partial charge in [-0.3, -0.25) is 14.1 Å². The molecule has 3 heterocycles. The number of imide groups is 1. The van der Waals surface area contributed by atoms with E-state index in [0.29, 0.717) is 12.2 Å². The van der Waals surface area contributed by atoms with Crippen molar-refractivity contribution in [3.63, 3.8) is 0 Å². The summed E-state index contributed by atoms with van der Waals surface area (Å²) in [6, 6.07) is 5.75. The van der Waals surface area contributed by atoms with E-state index in [1.165, 1.54) is 4.90 Å². The van der Waals surface area contributed by atoms with Crippen molar-refractivity contribution in [3.8, 4) is 0 Å². The van der Waals surface area contributed by atoms with Crippen LogP contribution in [-0.4, -0.2) is 38.5 Å². The second-order valence-corrected chi connectivity index (χ2v) is 6.98. The quantitative estimate of drug-likeness (QED) is 0.340. The summed E-state index contributed by atoms with van der Waals surface area (Å²) in [5, 5.41) is 3.80. The van der Waals surface area contributed by atoms with Crippen LogP contribution in [0.25, 0.3) is 5.65 Å². The number of carbonyl (C=O) groups is 2.